The lowest BCUT2D eigenvalue weighted by Gasteiger charge is -2.25. The van der Waals surface area contributed by atoms with Crippen molar-refractivity contribution in [2.24, 2.45) is 11.7 Å². The van der Waals surface area contributed by atoms with Crippen LogP contribution in [0.25, 0.3) is 0 Å². The van der Waals surface area contributed by atoms with Gasteiger partial charge in [-0.15, -0.1) is 0 Å². The number of aromatic nitrogens is 2. The maximum atomic E-state index is 11.9. The molecule has 1 aliphatic carbocycles. The molecule has 1 saturated carbocycles. The number of rotatable bonds is 4. The third kappa shape index (κ3) is 3.53. The van der Waals surface area contributed by atoms with Gasteiger partial charge in [-0.05, 0) is 19.3 Å². The number of aryl methyl sites for hydroxylation is 1. The van der Waals surface area contributed by atoms with Crippen LogP contribution >= 0.6 is 0 Å². The monoisotopic (exact) mass is 252 g/mol. The van der Waals surface area contributed by atoms with Gasteiger partial charge in [-0.3, -0.25) is 4.79 Å². The van der Waals surface area contributed by atoms with Crippen LogP contribution in [0.3, 0.4) is 0 Å². The van der Waals surface area contributed by atoms with Gasteiger partial charge in [0, 0.05) is 31.8 Å². The van der Waals surface area contributed by atoms with Gasteiger partial charge in [-0.1, -0.05) is 11.6 Å². The average molecular weight is 252 g/mol. The number of carbonyl (C=O) groups excluding carboxylic acids is 1. The molecule has 1 fully saturated rings. The number of nitrogens with one attached hydrogen (secondary N) is 1. The molecule has 0 bridgehead atoms. The van der Waals surface area contributed by atoms with E-state index in [2.05, 4.69) is 15.5 Å². The molecule has 1 amide bonds. The summed E-state index contributed by atoms with van der Waals surface area (Å²) in [6, 6.07) is 0.175. The average Bonchev–Trinajstić information content (AvgIpc) is 2.75. The number of hydrogen-bond acceptors (Lipinski definition) is 5. The van der Waals surface area contributed by atoms with E-state index in [4.69, 9.17) is 10.3 Å². The maximum absolute atomic E-state index is 11.9. The summed E-state index contributed by atoms with van der Waals surface area (Å²) in [5, 5.41) is 6.69. The summed E-state index contributed by atoms with van der Waals surface area (Å²) in [6.07, 6.45) is 4.42. The van der Waals surface area contributed by atoms with Crippen LogP contribution in [0.4, 0.5) is 0 Å². The Kier molecular flexibility index (Phi) is 4.30. The molecule has 100 valence electrons. The minimum atomic E-state index is 0.0701. The van der Waals surface area contributed by atoms with Crippen LogP contribution in [0.2, 0.25) is 0 Å². The first-order valence-electron chi connectivity index (χ1n) is 6.47. The van der Waals surface area contributed by atoms with Crippen LogP contribution in [0.15, 0.2) is 4.52 Å². The van der Waals surface area contributed by atoms with Gasteiger partial charge < -0.3 is 15.6 Å². The van der Waals surface area contributed by atoms with E-state index in [0.717, 1.165) is 25.7 Å². The Bertz CT molecular complexity index is 405. The standard InChI is InChI=1S/C12H20N4O2/c1-8-15-11(16-18-8)5-6-14-12(17)9-3-2-4-10(13)7-9/h9-10H,2-7,13H2,1H3,(H,14,17). The smallest absolute Gasteiger partial charge is 0.223 e. The van der Waals surface area contributed by atoms with Crippen molar-refractivity contribution >= 4 is 5.91 Å². The molecule has 3 N–H and O–H groups in total. The molecule has 0 aromatic carbocycles. The van der Waals surface area contributed by atoms with Crippen LogP contribution in [-0.4, -0.2) is 28.6 Å². The van der Waals surface area contributed by atoms with Gasteiger partial charge in [0.25, 0.3) is 0 Å². The van der Waals surface area contributed by atoms with E-state index in [-0.39, 0.29) is 17.9 Å². The highest BCUT2D eigenvalue weighted by Gasteiger charge is 2.24. The van der Waals surface area contributed by atoms with Crippen molar-refractivity contribution in [2.75, 3.05) is 6.54 Å². The summed E-state index contributed by atoms with van der Waals surface area (Å²) in [5.41, 5.74) is 5.87. The molecule has 6 nitrogen and oxygen atoms in total. The molecule has 2 rings (SSSR count). The lowest BCUT2D eigenvalue weighted by molar-refractivity contribution is -0.126. The first-order valence-corrected chi connectivity index (χ1v) is 6.47. The first kappa shape index (κ1) is 13.0. The lowest BCUT2D eigenvalue weighted by atomic mass is 9.85. The number of carbonyl (C=O) groups is 1. The van der Waals surface area contributed by atoms with Crippen LogP contribution < -0.4 is 11.1 Å². The van der Waals surface area contributed by atoms with Crippen molar-refractivity contribution in [2.45, 2.75) is 45.1 Å². The van der Waals surface area contributed by atoms with Crippen molar-refractivity contribution in [1.82, 2.24) is 15.5 Å². The molecular formula is C12H20N4O2. The quantitative estimate of drug-likeness (QED) is 0.816. The Morgan fingerprint density at radius 2 is 2.39 bits per heavy atom. The third-order valence-electron chi connectivity index (χ3n) is 3.30. The Balaban J connectivity index is 1.71. The van der Waals surface area contributed by atoms with Crippen molar-refractivity contribution in [3.63, 3.8) is 0 Å². The zero-order valence-electron chi connectivity index (χ0n) is 10.7. The topological polar surface area (TPSA) is 94.0 Å². The molecule has 0 aliphatic heterocycles. The van der Waals surface area contributed by atoms with E-state index < -0.39 is 0 Å². The van der Waals surface area contributed by atoms with E-state index in [1.54, 1.807) is 6.92 Å². The minimum absolute atomic E-state index is 0.0701. The largest absolute Gasteiger partial charge is 0.355 e. The molecule has 0 saturated heterocycles. The fraction of sp³-hybridized carbons (Fsp3) is 0.750. The van der Waals surface area contributed by atoms with E-state index >= 15 is 0 Å². The summed E-state index contributed by atoms with van der Waals surface area (Å²) in [4.78, 5) is 16.0. The number of nitrogens with two attached hydrogens (primary N) is 1. The SMILES string of the molecule is Cc1nc(CCNC(=O)C2CCCC(N)C2)no1. The van der Waals surface area contributed by atoms with Crippen molar-refractivity contribution in [1.29, 1.82) is 0 Å². The van der Waals surface area contributed by atoms with Gasteiger partial charge in [-0.2, -0.15) is 4.98 Å². The molecule has 2 unspecified atom stereocenters. The third-order valence-corrected chi connectivity index (χ3v) is 3.30. The van der Waals surface area contributed by atoms with E-state index in [9.17, 15) is 4.79 Å². The highest BCUT2D eigenvalue weighted by molar-refractivity contribution is 5.78. The normalized spacial score (nSPS) is 23.9. The molecule has 18 heavy (non-hydrogen) atoms. The van der Waals surface area contributed by atoms with Crippen molar-refractivity contribution in [3.8, 4) is 0 Å². The van der Waals surface area contributed by atoms with Crippen LogP contribution in [0, 0.1) is 12.8 Å². The van der Waals surface area contributed by atoms with Crippen molar-refractivity contribution < 1.29 is 9.32 Å². The van der Waals surface area contributed by atoms with E-state index in [0.29, 0.717) is 24.7 Å². The number of amides is 1. The van der Waals surface area contributed by atoms with Crippen LogP contribution in [0.1, 0.15) is 37.4 Å². The molecule has 1 aromatic rings. The Labute approximate surface area is 106 Å². The molecule has 1 aliphatic rings. The molecule has 2 atom stereocenters. The second-order valence-electron chi connectivity index (χ2n) is 4.89. The highest BCUT2D eigenvalue weighted by Crippen LogP contribution is 2.22. The van der Waals surface area contributed by atoms with Gasteiger partial charge in [0.2, 0.25) is 11.8 Å². The van der Waals surface area contributed by atoms with Gasteiger partial charge in [0.05, 0.1) is 0 Å². The maximum Gasteiger partial charge on any atom is 0.223 e. The van der Waals surface area contributed by atoms with Gasteiger partial charge in [0.15, 0.2) is 5.82 Å². The second-order valence-corrected chi connectivity index (χ2v) is 4.89. The minimum Gasteiger partial charge on any atom is -0.355 e. The highest BCUT2D eigenvalue weighted by atomic mass is 16.5. The molecule has 0 radical (unpaired) electrons. The first-order chi connectivity index (χ1) is 8.65. The summed E-state index contributed by atoms with van der Waals surface area (Å²) in [6.45, 7) is 2.29. The fourth-order valence-electron chi connectivity index (χ4n) is 2.35. The second kappa shape index (κ2) is 5.95. The summed E-state index contributed by atoms with van der Waals surface area (Å²) < 4.78 is 4.86. The zero-order valence-corrected chi connectivity index (χ0v) is 10.7. The predicted molar refractivity (Wildman–Crippen MR) is 65.7 cm³/mol. The van der Waals surface area contributed by atoms with Crippen LogP contribution in [0.5, 0.6) is 0 Å². The molecule has 0 spiro atoms. The molecule has 6 heteroatoms. The van der Waals surface area contributed by atoms with Crippen molar-refractivity contribution in [3.05, 3.63) is 11.7 Å². The van der Waals surface area contributed by atoms with E-state index in [1.807, 2.05) is 0 Å². The number of hydrogen-bond donors (Lipinski definition) is 2. The van der Waals surface area contributed by atoms with Gasteiger partial charge in [0.1, 0.15) is 0 Å². The van der Waals surface area contributed by atoms with E-state index in [1.165, 1.54) is 0 Å². The summed E-state index contributed by atoms with van der Waals surface area (Å²) in [5.74, 6) is 1.36. The summed E-state index contributed by atoms with van der Waals surface area (Å²) in [7, 11) is 0. The molecular weight excluding hydrogens is 232 g/mol. The van der Waals surface area contributed by atoms with Crippen LogP contribution in [-0.2, 0) is 11.2 Å². The van der Waals surface area contributed by atoms with Gasteiger partial charge in [-0.25, -0.2) is 0 Å². The fourth-order valence-corrected chi connectivity index (χ4v) is 2.35. The number of nitrogens with zero attached hydrogens (tertiary/aromatic N) is 2. The molecule has 1 aromatic heterocycles. The Morgan fingerprint density at radius 1 is 1.56 bits per heavy atom. The molecule has 1 heterocycles. The zero-order chi connectivity index (χ0) is 13.0. The predicted octanol–water partition coefficient (Wildman–Crippen LogP) is 0.554. The Hall–Kier alpha value is -1.43. The Morgan fingerprint density at radius 3 is 3.06 bits per heavy atom. The summed E-state index contributed by atoms with van der Waals surface area (Å²) >= 11 is 0. The van der Waals surface area contributed by atoms with Gasteiger partial charge >= 0.3 is 0 Å². The lowest BCUT2D eigenvalue weighted by Crippen LogP contribution is -2.38.